The number of piperidine rings is 1. The molecule has 6 heteroatoms. The van der Waals surface area contributed by atoms with Crippen LogP contribution in [-0.4, -0.2) is 40.1 Å². The van der Waals surface area contributed by atoms with Crippen molar-refractivity contribution in [2.24, 2.45) is 11.3 Å². The zero-order valence-corrected chi connectivity index (χ0v) is 14.5. The minimum Gasteiger partial charge on any atom is -0.494 e. The Hall–Kier alpha value is -1.59. The van der Waals surface area contributed by atoms with Gasteiger partial charge in [-0.1, -0.05) is 0 Å². The molecule has 128 valence electrons. The second-order valence-electron chi connectivity index (χ2n) is 6.89. The largest absolute Gasteiger partial charge is 0.494 e. The predicted molar refractivity (Wildman–Crippen MR) is 93.8 cm³/mol. The molecular weight excluding hydrogens is 324 g/mol. The van der Waals surface area contributed by atoms with E-state index in [2.05, 4.69) is 15.5 Å². The van der Waals surface area contributed by atoms with Crippen LogP contribution >= 0.6 is 11.6 Å². The highest BCUT2D eigenvalue weighted by atomic mass is 35.5. The van der Waals surface area contributed by atoms with Crippen LogP contribution < -0.4 is 10.1 Å². The van der Waals surface area contributed by atoms with Crippen LogP contribution in [0.3, 0.4) is 0 Å². The number of nitrogens with one attached hydrogen (secondary N) is 1. The Bertz CT molecular complexity index is 654. The molecular formula is C18H23ClN4O. The molecule has 5 nitrogen and oxygen atoms in total. The topological polar surface area (TPSA) is 52.0 Å². The number of rotatable bonds is 6. The number of ether oxygens (including phenoxy) is 1. The Labute approximate surface area is 147 Å². The summed E-state index contributed by atoms with van der Waals surface area (Å²) < 4.78 is 5.97. The van der Waals surface area contributed by atoms with Crippen molar-refractivity contribution in [2.75, 3.05) is 19.7 Å². The summed E-state index contributed by atoms with van der Waals surface area (Å²) in [5, 5.41) is 11.9. The number of alkyl halides is 1. The van der Waals surface area contributed by atoms with E-state index in [-0.39, 0.29) is 5.38 Å². The van der Waals surface area contributed by atoms with E-state index in [1.54, 1.807) is 17.2 Å². The Kier molecular flexibility index (Phi) is 4.46. The lowest BCUT2D eigenvalue weighted by atomic mass is 9.80. The fourth-order valence-corrected chi connectivity index (χ4v) is 4.38. The van der Waals surface area contributed by atoms with Crippen molar-refractivity contribution in [3.63, 3.8) is 0 Å². The maximum Gasteiger partial charge on any atom is 0.119 e. The van der Waals surface area contributed by atoms with Crippen LogP contribution in [0, 0.1) is 11.3 Å². The third kappa shape index (κ3) is 3.28. The van der Waals surface area contributed by atoms with Crippen molar-refractivity contribution in [1.82, 2.24) is 20.3 Å². The molecule has 2 unspecified atom stereocenters. The monoisotopic (exact) mass is 346 g/mol. The van der Waals surface area contributed by atoms with Gasteiger partial charge >= 0.3 is 0 Å². The second-order valence-corrected chi connectivity index (χ2v) is 7.45. The van der Waals surface area contributed by atoms with Gasteiger partial charge in [-0.3, -0.25) is 0 Å². The van der Waals surface area contributed by atoms with Gasteiger partial charge in [0.1, 0.15) is 5.75 Å². The van der Waals surface area contributed by atoms with Gasteiger partial charge in [0.15, 0.2) is 0 Å². The van der Waals surface area contributed by atoms with E-state index in [1.807, 2.05) is 24.3 Å². The first-order valence-corrected chi connectivity index (χ1v) is 9.15. The number of benzene rings is 1. The molecule has 0 bridgehead atoms. The highest BCUT2D eigenvalue weighted by molar-refractivity contribution is 6.21. The number of nitrogens with zero attached hydrogens (tertiary/aromatic N) is 3. The summed E-state index contributed by atoms with van der Waals surface area (Å²) in [6.45, 7) is 2.80. The zero-order chi connectivity index (χ0) is 16.4. The standard InChI is InChI=1S/C18H23ClN4O/c19-17-13-20-9-5-16(17)18(6-7-18)8-12-24-15-3-1-14(2-4-15)23-21-10-11-22-23/h1-4,10-11,16-17,20H,5-9,12-13H2. The van der Waals surface area contributed by atoms with Crippen molar-refractivity contribution in [1.29, 1.82) is 0 Å². The molecule has 2 fully saturated rings. The summed E-state index contributed by atoms with van der Waals surface area (Å²) in [7, 11) is 0. The van der Waals surface area contributed by atoms with Crippen LogP contribution in [0.5, 0.6) is 5.75 Å². The maximum atomic E-state index is 6.55. The molecule has 1 aliphatic carbocycles. The number of aromatic nitrogens is 3. The van der Waals surface area contributed by atoms with Gasteiger partial charge in [-0.2, -0.15) is 15.0 Å². The first-order valence-electron chi connectivity index (χ1n) is 8.71. The lowest BCUT2D eigenvalue weighted by Gasteiger charge is -2.34. The molecule has 0 radical (unpaired) electrons. The minimum absolute atomic E-state index is 0.266. The second kappa shape index (κ2) is 6.73. The number of hydrogen-bond acceptors (Lipinski definition) is 4. The zero-order valence-electron chi connectivity index (χ0n) is 13.7. The lowest BCUT2D eigenvalue weighted by Crippen LogP contribution is -2.41. The van der Waals surface area contributed by atoms with Crippen molar-refractivity contribution in [3.8, 4) is 11.4 Å². The van der Waals surface area contributed by atoms with Gasteiger partial charge in [0.25, 0.3) is 0 Å². The molecule has 1 saturated heterocycles. The highest BCUT2D eigenvalue weighted by Gasteiger charge is 2.51. The number of halogens is 1. The summed E-state index contributed by atoms with van der Waals surface area (Å²) >= 11 is 6.55. The molecule has 2 heterocycles. The van der Waals surface area contributed by atoms with E-state index >= 15 is 0 Å². The van der Waals surface area contributed by atoms with Gasteiger partial charge in [0, 0.05) is 11.9 Å². The van der Waals surface area contributed by atoms with E-state index in [1.165, 1.54) is 19.3 Å². The summed E-state index contributed by atoms with van der Waals surface area (Å²) in [6.07, 6.45) is 8.24. The van der Waals surface area contributed by atoms with Gasteiger partial charge < -0.3 is 10.1 Å². The van der Waals surface area contributed by atoms with Gasteiger partial charge in [-0.05, 0) is 67.8 Å². The summed E-state index contributed by atoms with van der Waals surface area (Å²) in [4.78, 5) is 1.60. The Morgan fingerprint density at radius 2 is 1.96 bits per heavy atom. The normalized spacial score (nSPS) is 25.4. The fraction of sp³-hybridized carbons (Fsp3) is 0.556. The van der Waals surface area contributed by atoms with Gasteiger partial charge in [0.05, 0.1) is 24.7 Å². The Morgan fingerprint density at radius 1 is 1.21 bits per heavy atom. The summed E-state index contributed by atoms with van der Waals surface area (Å²) in [5.41, 5.74) is 1.36. The Balaban J connectivity index is 1.31. The van der Waals surface area contributed by atoms with Crippen LogP contribution in [0.15, 0.2) is 36.7 Å². The van der Waals surface area contributed by atoms with Crippen LogP contribution in [0.4, 0.5) is 0 Å². The molecule has 0 amide bonds. The summed E-state index contributed by atoms with van der Waals surface area (Å²) in [5.74, 6) is 1.53. The number of hydrogen-bond donors (Lipinski definition) is 1. The summed E-state index contributed by atoms with van der Waals surface area (Å²) in [6, 6.07) is 7.91. The molecule has 24 heavy (non-hydrogen) atoms. The van der Waals surface area contributed by atoms with Crippen LogP contribution in [0.25, 0.3) is 5.69 Å². The SMILES string of the molecule is ClC1CNCCC1C1(CCOc2ccc(-n3nccn3)cc2)CC1. The van der Waals surface area contributed by atoms with Crippen LogP contribution in [0.2, 0.25) is 0 Å². The van der Waals surface area contributed by atoms with Gasteiger partial charge in [-0.15, -0.1) is 11.6 Å². The van der Waals surface area contributed by atoms with Gasteiger partial charge in [-0.25, -0.2) is 0 Å². The van der Waals surface area contributed by atoms with Crippen molar-refractivity contribution >= 4 is 11.6 Å². The molecule has 4 rings (SSSR count). The molecule has 1 saturated carbocycles. The van der Waals surface area contributed by atoms with Crippen molar-refractivity contribution < 1.29 is 4.74 Å². The first kappa shape index (κ1) is 15.9. The third-order valence-electron chi connectivity index (χ3n) is 5.44. The van der Waals surface area contributed by atoms with E-state index < -0.39 is 0 Å². The fourth-order valence-electron chi connectivity index (χ4n) is 3.87. The average molecular weight is 347 g/mol. The lowest BCUT2D eigenvalue weighted by molar-refractivity contribution is 0.188. The van der Waals surface area contributed by atoms with E-state index in [0.29, 0.717) is 11.3 Å². The van der Waals surface area contributed by atoms with Crippen LogP contribution in [0.1, 0.15) is 25.7 Å². The van der Waals surface area contributed by atoms with E-state index in [9.17, 15) is 0 Å². The quantitative estimate of drug-likeness (QED) is 0.817. The van der Waals surface area contributed by atoms with Crippen molar-refractivity contribution in [3.05, 3.63) is 36.7 Å². The molecule has 1 aliphatic heterocycles. The predicted octanol–water partition coefficient (Wildman–Crippen LogP) is 3.03. The maximum absolute atomic E-state index is 6.55. The van der Waals surface area contributed by atoms with Gasteiger partial charge in [0.2, 0.25) is 0 Å². The Morgan fingerprint density at radius 3 is 2.62 bits per heavy atom. The molecule has 0 spiro atoms. The first-order chi connectivity index (χ1) is 11.8. The average Bonchev–Trinajstić information content (AvgIpc) is 3.18. The molecule has 1 N–H and O–H groups in total. The molecule has 2 aromatic rings. The molecule has 2 atom stereocenters. The molecule has 1 aromatic carbocycles. The molecule has 1 aromatic heterocycles. The third-order valence-corrected chi connectivity index (χ3v) is 5.90. The van der Waals surface area contributed by atoms with Crippen LogP contribution in [-0.2, 0) is 0 Å². The smallest absolute Gasteiger partial charge is 0.119 e. The molecule has 2 aliphatic rings. The van der Waals surface area contributed by atoms with E-state index in [0.717, 1.165) is 37.6 Å². The minimum atomic E-state index is 0.266. The van der Waals surface area contributed by atoms with E-state index in [4.69, 9.17) is 16.3 Å². The highest BCUT2D eigenvalue weighted by Crippen LogP contribution is 2.58. The van der Waals surface area contributed by atoms with Crippen molar-refractivity contribution in [2.45, 2.75) is 31.1 Å².